The zero-order valence-corrected chi connectivity index (χ0v) is 32.0. The van der Waals surface area contributed by atoms with Crippen LogP contribution in [-0.4, -0.2) is 81.2 Å². The topological polar surface area (TPSA) is 162 Å². The lowest BCUT2D eigenvalue weighted by Gasteiger charge is -2.32. The van der Waals surface area contributed by atoms with Gasteiger partial charge in [0.25, 0.3) is 11.5 Å². The van der Waals surface area contributed by atoms with E-state index in [0.717, 1.165) is 10.9 Å². The van der Waals surface area contributed by atoms with Gasteiger partial charge in [0.05, 0.1) is 54.4 Å². The van der Waals surface area contributed by atoms with Crippen LogP contribution in [0.25, 0.3) is 16.5 Å². The van der Waals surface area contributed by atoms with Gasteiger partial charge in [-0.2, -0.15) is 9.78 Å². The van der Waals surface area contributed by atoms with Crippen LogP contribution >= 0.6 is 0 Å². The van der Waals surface area contributed by atoms with Crippen molar-refractivity contribution < 1.29 is 29.0 Å². The fraction of sp³-hybridized carbons (Fsp3) is 0.400. The summed E-state index contributed by atoms with van der Waals surface area (Å²) < 4.78 is 14.9. The molecule has 1 amide bonds. The second kappa shape index (κ2) is 15.0. The predicted octanol–water partition coefficient (Wildman–Crippen LogP) is 4.68. The maximum Gasteiger partial charge on any atom is 0.305 e. The molecule has 0 saturated carbocycles. The lowest BCUT2D eigenvalue weighted by Crippen LogP contribution is -2.46. The molecule has 0 aliphatic carbocycles. The van der Waals surface area contributed by atoms with E-state index >= 15 is 0 Å². The maximum absolute atomic E-state index is 14.9. The van der Waals surface area contributed by atoms with Crippen LogP contribution in [0.4, 0.5) is 5.69 Å². The molecule has 2 aliphatic heterocycles. The molecule has 4 heterocycles. The van der Waals surface area contributed by atoms with Crippen LogP contribution in [0.15, 0.2) is 90.0 Å². The highest BCUT2D eigenvalue weighted by Gasteiger charge is 2.66. The lowest BCUT2D eigenvalue weighted by molar-refractivity contribution is -0.146. The Morgan fingerprint density at radius 2 is 1.80 bits per heavy atom. The number of unbranched alkanes of at least 4 members (excludes halogenated alkanes) is 1. The van der Waals surface area contributed by atoms with Crippen LogP contribution in [0, 0.1) is 5.92 Å². The van der Waals surface area contributed by atoms with Crippen molar-refractivity contribution in [3.63, 3.8) is 0 Å². The summed E-state index contributed by atoms with van der Waals surface area (Å²) in [6.45, 7) is 6.36. The Morgan fingerprint density at radius 1 is 1.04 bits per heavy atom. The van der Waals surface area contributed by atoms with Gasteiger partial charge in [0.2, 0.25) is 0 Å². The van der Waals surface area contributed by atoms with Crippen molar-refractivity contribution in [3.05, 3.63) is 112 Å². The largest absolute Gasteiger partial charge is 0.469 e. The van der Waals surface area contributed by atoms with Crippen LogP contribution < -0.4 is 10.5 Å². The number of ether oxygens (including phenoxy) is 2. The number of nitrogens with zero attached hydrogens (tertiary/aromatic N) is 6. The Bertz CT molecular complexity index is 2220. The van der Waals surface area contributed by atoms with Gasteiger partial charge >= 0.3 is 5.97 Å². The van der Waals surface area contributed by atoms with Gasteiger partial charge in [-0.3, -0.25) is 19.1 Å². The number of amides is 1. The Hall–Kier alpha value is -5.02. The Morgan fingerprint density at radius 3 is 2.54 bits per heavy atom. The first-order valence-electron chi connectivity index (χ1n) is 18.4. The van der Waals surface area contributed by atoms with Crippen LogP contribution in [0.1, 0.15) is 55.3 Å². The van der Waals surface area contributed by atoms with Gasteiger partial charge in [-0.05, 0) is 62.2 Å². The third-order valence-corrected chi connectivity index (χ3v) is 13.6. The molecular weight excluding hydrogens is 705 g/mol. The van der Waals surface area contributed by atoms with Crippen molar-refractivity contribution >= 4 is 36.7 Å². The zero-order chi connectivity index (χ0) is 38.2. The second-order valence-corrected chi connectivity index (χ2v) is 18.8. The third-order valence-electron chi connectivity index (χ3n) is 11.1. The number of carbonyl (C=O) groups is 2. The number of hydrogen-bond donors (Lipinski definition) is 2. The molecular formula is C40H46N6O7Si. The molecule has 13 nitrogen and oxygen atoms in total. The molecule has 5 aromatic rings. The number of benzene rings is 3. The quantitative estimate of drug-likeness (QED) is 0.0983. The van der Waals surface area contributed by atoms with E-state index in [1.54, 1.807) is 27.9 Å². The van der Waals surface area contributed by atoms with E-state index in [2.05, 4.69) is 15.4 Å². The first kappa shape index (κ1) is 37.3. The number of aliphatic hydroxyl groups is 1. The average Bonchev–Trinajstić information content (AvgIpc) is 3.83. The van der Waals surface area contributed by atoms with E-state index < -0.39 is 25.9 Å². The Balaban J connectivity index is 1.24. The number of rotatable bonds is 13. The lowest BCUT2D eigenvalue weighted by atomic mass is 9.82. The fourth-order valence-electron chi connectivity index (χ4n) is 8.50. The van der Waals surface area contributed by atoms with E-state index in [0.29, 0.717) is 60.4 Å². The number of aromatic nitrogens is 5. The summed E-state index contributed by atoms with van der Waals surface area (Å²) in [5, 5.41) is 24.7. The molecule has 5 atom stereocenters. The van der Waals surface area contributed by atoms with Gasteiger partial charge in [0.15, 0.2) is 13.9 Å². The highest BCUT2D eigenvalue weighted by molar-refractivity contribution is 6.71. The molecule has 2 aliphatic rings. The zero-order valence-electron chi connectivity index (χ0n) is 31.0. The minimum absolute atomic E-state index is 0.121. The van der Waals surface area contributed by atoms with Gasteiger partial charge in [0, 0.05) is 48.1 Å². The van der Waals surface area contributed by atoms with Crippen molar-refractivity contribution in [2.75, 3.05) is 25.2 Å². The van der Waals surface area contributed by atoms with E-state index in [-0.39, 0.29) is 41.9 Å². The van der Waals surface area contributed by atoms with E-state index in [1.807, 2.05) is 86.9 Å². The summed E-state index contributed by atoms with van der Waals surface area (Å²) in [7, 11) is -1.62. The van der Waals surface area contributed by atoms with Gasteiger partial charge < -0.3 is 24.3 Å². The van der Waals surface area contributed by atoms with Gasteiger partial charge in [-0.25, -0.2) is 0 Å². The molecule has 2 N–H and O–H groups in total. The number of aliphatic hydroxyl groups excluding tert-OH is 1. The number of hydrogen-bond acceptors (Lipinski definition) is 10. The number of esters is 1. The highest BCUT2D eigenvalue weighted by Crippen LogP contribution is 2.60. The number of fused-ring (bicyclic) bond motifs is 3. The molecule has 0 radical (unpaired) electrons. The van der Waals surface area contributed by atoms with Crippen LogP contribution in [-0.2, 0) is 31.2 Å². The first-order valence-corrected chi connectivity index (χ1v) is 21.5. The summed E-state index contributed by atoms with van der Waals surface area (Å²) in [5.74, 6) is -1.30. The monoisotopic (exact) mass is 750 g/mol. The minimum Gasteiger partial charge on any atom is -0.469 e. The third kappa shape index (κ3) is 6.67. The summed E-state index contributed by atoms with van der Waals surface area (Å²) in [6, 6.07) is 22.4. The molecule has 1 spiro atoms. The standard InChI is InChI=1S/C40H46N6O7Si/c1-26-37(54(3,4)51)35(19-21-44-24-33(42-43-44)31(25-47)27-12-6-5-7-13-27)53-40(26)32-22-29(46-38(49)30-15-9-8-14-28(30)23-41-46)17-18-34(32)45(39(40)50)20-11-10-16-36(48)52-2/h5-9,12-15,17-18,22-24,26,31,35,37,47,51H,10-11,16,19-21,25H2,1-4H3/t26-,31?,35+,37-,40+/m0/s1. The minimum atomic E-state index is -2.98. The van der Waals surface area contributed by atoms with E-state index in [1.165, 1.54) is 11.8 Å². The fourth-order valence-corrected chi connectivity index (χ4v) is 11.1. The van der Waals surface area contributed by atoms with Crippen LogP contribution in [0.2, 0.25) is 18.6 Å². The van der Waals surface area contributed by atoms with E-state index in [9.17, 15) is 24.3 Å². The molecule has 3 aromatic carbocycles. The highest BCUT2D eigenvalue weighted by atomic mass is 28.4. The van der Waals surface area contributed by atoms with Crippen molar-refractivity contribution in [1.82, 2.24) is 24.8 Å². The number of carbonyl (C=O) groups excluding carboxylic acids is 2. The molecule has 1 unspecified atom stereocenters. The van der Waals surface area contributed by atoms with Crippen LogP contribution in [0.5, 0.6) is 0 Å². The molecule has 14 heteroatoms. The summed E-state index contributed by atoms with van der Waals surface area (Å²) in [6.07, 6.45) is 4.73. The molecule has 54 heavy (non-hydrogen) atoms. The summed E-state index contributed by atoms with van der Waals surface area (Å²) in [5.41, 5.74) is 1.29. The molecule has 7 rings (SSSR count). The smallest absolute Gasteiger partial charge is 0.305 e. The number of methoxy groups -OCH3 is 1. The predicted molar refractivity (Wildman–Crippen MR) is 205 cm³/mol. The van der Waals surface area contributed by atoms with Gasteiger partial charge in [-0.1, -0.05) is 60.7 Å². The molecule has 2 aromatic heterocycles. The number of anilines is 1. The van der Waals surface area contributed by atoms with Gasteiger partial charge in [0.1, 0.15) is 0 Å². The van der Waals surface area contributed by atoms with Crippen molar-refractivity contribution in [3.8, 4) is 5.69 Å². The summed E-state index contributed by atoms with van der Waals surface area (Å²) in [4.78, 5) is 54.0. The molecule has 1 saturated heterocycles. The van der Waals surface area contributed by atoms with Crippen LogP contribution in [0.3, 0.4) is 0 Å². The summed E-state index contributed by atoms with van der Waals surface area (Å²) >= 11 is 0. The Kier molecular flexibility index (Phi) is 10.4. The molecule has 1 fully saturated rings. The van der Waals surface area contributed by atoms with Crippen molar-refractivity contribution in [1.29, 1.82) is 0 Å². The normalized spacial score (nSPS) is 21.6. The maximum atomic E-state index is 14.9. The van der Waals surface area contributed by atoms with Gasteiger partial charge in [-0.15, -0.1) is 5.10 Å². The molecule has 0 bridgehead atoms. The average molecular weight is 751 g/mol. The second-order valence-electron chi connectivity index (χ2n) is 14.8. The SMILES string of the molecule is COC(=O)CCCCN1C(=O)[C@]2(O[C@H](CCn3cc(C(CO)c4ccccc4)nn3)[C@@H]([Si](C)(C)O)[C@@H]2C)c2cc(-n3ncc4ccccc4c3=O)ccc21. The molecule has 282 valence electrons. The number of aryl methyl sites for hydroxylation is 1. The van der Waals surface area contributed by atoms with E-state index in [4.69, 9.17) is 9.47 Å². The Labute approximate surface area is 314 Å². The van der Waals surface area contributed by atoms with Crippen molar-refractivity contribution in [2.45, 2.75) is 75.4 Å². The first-order chi connectivity index (χ1) is 26.0. The van der Waals surface area contributed by atoms with Crippen molar-refractivity contribution in [2.24, 2.45) is 5.92 Å².